The minimum atomic E-state index is -0.187. The summed E-state index contributed by atoms with van der Waals surface area (Å²) in [4.78, 5) is 24.1. The standard InChI is InChI=1S/C20H24N2O2/c1-4-13-21-19(23)16-5-7-17(8-6-16)20(24)22-18-11-9-15(10-12-18)14(2)3/h5-12,14H,4,13H2,1-3H3,(H,21,23)(H,22,24). The minimum Gasteiger partial charge on any atom is -0.352 e. The lowest BCUT2D eigenvalue weighted by Crippen LogP contribution is -2.24. The molecule has 2 amide bonds. The Morgan fingerprint density at radius 3 is 1.92 bits per heavy atom. The van der Waals surface area contributed by atoms with Crippen molar-refractivity contribution in [2.24, 2.45) is 0 Å². The van der Waals surface area contributed by atoms with E-state index in [9.17, 15) is 9.59 Å². The monoisotopic (exact) mass is 324 g/mol. The van der Waals surface area contributed by atoms with Gasteiger partial charge in [0.1, 0.15) is 0 Å². The average Bonchev–Trinajstić information content (AvgIpc) is 2.60. The number of nitrogens with one attached hydrogen (secondary N) is 2. The number of hydrogen-bond acceptors (Lipinski definition) is 2. The van der Waals surface area contributed by atoms with Crippen LogP contribution in [0.4, 0.5) is 5.69 Å². The van der Waals surface area contributed by atoms with Crippen molar-refractivity contribution in [2.75, 3.05) is 11.9 Å². The Hall–Kier alpha value is -2.62. The number of anilines is 1. The zero-order valence-corrected chi connectivity index (χ0v) is 14.4. The maximum absolute atomic E-state index is 12.3. The normalized spacial score (nSPS) is 10.5. The molecule has 4 nitrogen and oxygen atoms in total. The summed E-state index contributed by atoms with van der Waals surface area (Å²) in [5.74, 6) is 0.155. The second-order valence-electron chi connectivity index (χ2n) is 6.06. The van der Waals surface area contributed by atoms with Crippen molar-refractivity contribution >= 4 is 17.5 Å². The van der Waals surface area contributed by atoms with Gasteiger partial charge in [0.2, 0.25) is 0 Å². The van der Waals surface area contributed by atoms with Crippen LogP contribution in [0.15, 0.2) is 48.5 Å². The van der Waals surface area contributed by atoms with Gasteiger partial charge in [0.25, 0.3) is 11.8 Å². The average molecular weight is 324 g/mol. The fraction of sp³-hybridized carbons (Fsp3) is 0.300. The SMILES string of the molecule is CCCNC(=O)c1ccc(C(=O)Nc2ccc(C(C)C)cc2)cc1. The van der Waals surface area contributed by atoms with Crippen LogP contribution in [0.2, 0.25) is 0 Å². The number of benzene rings is 2. The Kier molecular flexibility index (Phi) is 6.13. The molecule has 0 fully saturated rings. The van der Waals surface area contributed by atoms with Gasteiger partial charge in [-0.3, -0.25) is 9.59 Å². The van der Waals surface area contributed by atoms with Crippen LogP contribution < -0.4 is 10.6 Å². The molecular formula is C20H24N2O2. The molecule has 0 saturated heterocycles. The molecule has 0 atom stereocenters. The van der Waals surface area contributed by atoms with E-state index < -0.39 is 0 Å². The highest BCUT2D eigenvalue weighted by atomic mass is 16.2. The van der Waals surface area contributed by atoms with Gasteiger partial charge in [0, 0.05) is 23.4 Å². The highest BCUT2D eigenvalue weighted by Gasteiger charge is 2.09. The van der Waals surface area contributed by atoms with Gasteiger partial charge in [-0.15, -0.1) is 0 Å². The summed E-state index contributed by atoms with van der Waals surface area (Å²) < 4.78 is 0. The summed E-state index contributed by atoms with van der Waals surface area (Å²) >= 11 is 0. The third kappa shape index (κ3) is 4.69. The fourth-order valence-corrected chi connectivity index (χ4v) is 2.27. The van der Waals surface area contributed by atoms with Gasteiger partial charge in [-0.2, -0.15) is 0 Å². The van der Waals surface area contributed by atoms with Crippen molar-refractivity contribution in [3.63, 3.8) is 0 Å². The van der Waals surface area contributed by atoms with Gasteiger partial charge in [-0.05, 0) is 54.3 Å². The molecule has 0 heterocycles. The predicted molar refractivity (Wildman–Crippen MR) is 97.6 cm³/mol. The van der Waals surface area contributed by atoms with E-state index in [-0.39, 0.29) is 11.8 Å². The van der Waals surface area contributed by atoms with Gasteiger partial charge >= 0.3 is 0 Å². The van der Waals surface area contributed by atoms with E-state index in [1.54, 1.807) is 24.3 Å². The first-order valence-corrected chi connectivity index (χ1v) is 8.31. The van der Waals surface area contributed by atoms with E-state index in [1.165, 1.54) is 5.56 Å². The van der Waals surface area contributed by atoms with Crippen LogP contribution in [0.3, 0.4) is 0 Å². The summed E-state index contributed by atoms with van der Waals surface area (Å²) in [5, 5.41) is 5.68. The number of amides is 2. The molecule has 0 unspecified atom stereocenters. The largest absolute Gasteiger partial charge is 0.352 e. The second-order valence-corrected chi connectivity index (χ2v) is 6.06. The minimum absolute atomic E-state index is 0.118. The molecule has 2 aromatic carbocycles. The molecular weight excluding hydrogens is 300 g/mol. The summed E-state index contributed by atoms with van der Waals surface area (Å²) in [7, 11) is 0. The smallest absolute Gasteiger partial charge is 0.255 e. The van der Waals surface area contributed by atoms with Crippen LogP contribution in [-0.2, 0) is 0 Å². The molecule has 0 aliphatic heterocycles. The molecule has 126 valence electrons. The Morgan fingerprint density at radius 2 is 1.42 bits per heavy atom. The molecule has 0 bridgehead atoms. The van der Waals surface area contributed by atoms with Gasteiger partial charge in [0.15, 0.2) is 0 Å². The van der Waals surface area contributed by atoms with E-state index in [1.807, 2.05) is 31.2 Å². The highest BCUT2D eigenvalue weighted by Crippen LogP contribution is 2.17. The molecule has 2 rings (SSSR count). The lowest BCUT2D eigenvalue weighted by atomic mass is 10.0. The number of hydrogen-bond donors (Lipinski definition) is 2. The summed E-state index contributed by atoms with van der Waals surface area (Å²) in [6, 6.07) is 14.5. The first kappa shape index (κ1) is 17.7. The van der Waals surface area contributed by atoms with Gasteiger partial charge < -0.3 is 10.6 Å². The van der Waals surface area contributed by atoms with E-state index in [0.717, 1.165) is 12.1 Å². The quantitative estimate of drug-likeness (QED) is 0.836. The van der Waals surface area contributed by atoms with Crippen molar-refractivity contribution < 1.29 is 9.59 Å². The summed E-state index contributed by atoms with van der Waals surface area (Å²) in [6.07, 6.45) is 0.891. The van der Waals surface area contributed by atoms with Crippen LogP contribution in [0.25, 0.3) is 0 Å². The topological polar surface area (TPSA) is 58.2 Å². The predicted octanol–water partition coefficient (Wildman–Crippen LogP) is 4.20. The van der Waals surface area contributed by atoms with Gasteiger partial charge in [-0.25, -0.2) is 0 Å². The molecule has 0 spiro atoms. The molecule has 0 aliphatic carbocycles. The van der Waals surface area contributed by atoms with Crippen LogP contribution in [0.1, 0.15) is 59.4 Å². The molecule has 0 aliphatic rings. The van der Waals surface area contributed by atoms with Gasteiger partial charge in [0.05, 0.1) is 0 Å². The summed E-state index contributed by atoms with van der Waals surface area (Å²) in [6.45, 7) is 6.91. The van der Waals surface area contributed by atoms with Crippen molar-refractivity contribution in [2.45, 2.75) is 33.1 Å². The zero-order chi connectivity index (χ0) is 17.5. The first-order valence-electron chi connectivity index (χ1n) is 8.31. The van der Waals surface area contributed by atoms with E-state index in [2.05, 4.69) is 24.5 Å². The molecule has 4 heteroatoms. The van der Waals surface area contributed by atoms with Crippen LogP contribution >= 0.6 is 0 Å². The zero-order valence-electron chi connectivity index (χ0n) is 14.4. The number of carbonyl (C=O) groups excluding carboxylic acids is 2. The van der Waals surface area contributed by atoms with E-state index >= 15 is 0 Å². The first-order chi connectivity index (χ1) is 11.5. The number of rotatable bonds is 6. The molecule has 2 aromatic rings. The van der Waals surface area contributed by atoms with E-state index in [0.29, 0.717) is 23.6 Å². The van der Waals surface area contributed by atoms with Crippen molar-refractivity contribution in [1.29, 1.82) is 0 Å². The Balaban J connectivity index is 2.00. The highest BCUT2D eigenvalue weighted by molar-refractivity contribution is 6.05. The molecule has 0 radical (unpaired) electrons. The Labute approximate surface area is 143 Å². The third-order valence-electron chi connectivity index (χ3n) is 3.78. The van der Waals surface area contributed by atoms with Crippen LogP contribution in [0, 0.1) is 0 Å². The lowest BCUT2D eigenvalue weighted by Gasteiger charge is -2.09. The molecule has 0 saturated carbocycles. The van der Waals surface area contributed by atoms with Crippen molar-refractivity contribution in [3.05, 3.63) is 65.2 Å². The molecule has 24 heavy (non-hydrogen) atoms. The fourth-order valence-electron chi connectivity index (χ4n) is 2.27. The maximum atomic E-state index is 12.3. The van der Waals surface area contributed by atoms with Crippen molar-refractivity contribution in [3.8, 4) is 0 Å². The van der Waals surface area contributed by atoms with Crippen LogP contribution in [0.5, 0.6) is 0 Å². The van der Waals surface area contributed by atoms with Crippen molar-refractivity contribution in [1.82, 2.24) is 5.32 Å². The van der Waals surface area contributed by atoms with Crippen LogP contribution in [-0.4, -0.2) is 18.4 Å². The lowest BCUT2D eigenvalue weighted by molar-refractivity contribution is 0.0951. The van der Waals surface area contributed by atoms with E-state index in [4.69, 9.17) is 0 Å². The molecule has 2 N–H and O–H groups in total. The maximum Gasteiger partial charge on any atom is 0.255 e. The number of carbonyl (C=O) groups is 2. The molecule has 0 aromatic heterocycles. The second kappa shape index (κ2) is 8.29. The summed E-state index contributed by atoms with van der Waals surface area (Å²) in [5.41, 5.74) is 3.07. The third-order valence-corrected chi connectivity index (χ3v) is 3.78. The Bertz CT molecular complexity index is 689. The van der Waals surface area contributed by atoms with Gasteiger partial charge in [-0.1, -0.05) is 32.9 Å². The Morgan fingerprint density at radius 1 is 0.875 bits per heavy atom.